The number of fused-ring (bicyclic) bond motifs is 1. The number of aromatic nitrogens is 2. The minimum Gasteiger partial charge on any atom is -0.376 e. The van der Waals surface area contributed by atoms with Gasteiger partial charge in [0.2, 0.25) is 0 Å². The Morgan fingerprint density at radius 1 is 1.58 bits per heavy atom. The predicted octanol–water partition coefficient (Wildman–Crippen LogP) is 1.59. The van der Waals surface area contributed by atoms with Gasteiger partial charge in [0.1, 0.15) is 10.5 Å². The average molecular weight is 279 g/mol. The number of nitrogens with one attached hydrogen (secondary N) is 1. The summed E-state index contributed by atoms with van der Waals surface area (Å²) >= 11 is 1.43. The lowest BCUT2D eigenvalue weighted by atomic mass is 10.2. The number of rotatable bonds is 2. The number of hydrogen-bond acceptors (Lipinski definition) is 5. The van der Waals surface area contributed by atoms with Crippen LogP contribution in [0.3, 0.4) is 0 Å². The van der Waals surface area contributed by atoms with Crippen molar-refractivity contribution in [3.05, 3.63) is 27.6 Å². The van der Waals surface area contributed by atoms with Crippen molar-refractivity contribution in [2.75, 3.05) is 13.2 Å². The zero-order chi connectivity index (χ0) is 13.4. The number of morpholine rings is 1. The molecule has 1 fully saturated rings. The molecule has 1 N–H and O–H groups in total. The summed E-state index contributed by atoms with van der Waals surface area (Å²) in [6.45, 7) is 6.46. The molecule has 1 saturated heterocycles. The van der Waals surface area contributed by atoms with Gasteiger partial charge in [0.05, 0.1) is 24.8 Å². The van der Waals surface area contributed by atoms with Crippen molar-refractivity contribution in [2.45, 2.75) is 32.5 Å². The van der Waals surface area contributed by atoms with Gasteiger partial charge in [-0.1, -0.05) is 0 Å². The fraction of sp³-hybridized carbons (Fsp3) is 0.538. The van der Waals surface area contributed by atoms with Crippen molar-refractivity contribution in [1.82, 2.24) is 14.9 Å². The maximum Gasteiger partial charge on any atom is 0.268 e. The van der Waals surface area contributed by atoms with Crippen LogP contribution in [0.2, 0.25) is 0 Å². The number of hydrogen-bond donors (Lipinski definition) is 1. The SMILES string of the molecule is C[C@@H]1CN(Cc2nc3ccsc3c(=O)[nH]2)[C@H](C)CO1. The fourth-order valence-corrected chi connectivity index (χ4v) is 3.11. The standard InChI is InChI=1S/C13H17N3O2S/c1-8-7-18-9(2)5-16(8)6-11-14-10-3-4-19-12(10)13(17)15-11/h3-4,8-9H,5-7H2,1-2H3,(H,14,15,17)/t8-,9-/m1/s1. The van der Waals surface area contributed by atoms with Crippen molar-refractivity contribution in [3.8, 4) is 0 Å². The Morgan fingerprint density at radius 3 is 3.26 bits per heavy atom. The molecule has 5 nitrogen and oxygen atoms in total. The van der Waals surface area contributed by atoms with Crippen LogP contribution in [-0.2, 0) is 11.3 Å². The molecule has 0 aromatic carbocycles. The van der Waals surface area contributed by atoms with Crippen molar-refractivity contribution < 1.29 is 4.74 Å². The van der Waals surface area contributed by atoms with E-state index >= 15 is 0 Å². The van der Waals surface area contributed by atoms with Gasteiger partial charge in [-0.3, -0.25) is 9.69 Å². The molecule has 2 aromatic heterocycles. The minimum atomic E-state index is -0.0380. The lowest BCUT2D eigenvalue weighted by Crippen LogP contribution is -2.47. The summed E-state index contributed by atoms with van der Waals surface area (Å²) in [4.78, 5) is 21.6. The van der Waals surface area contributed by atoms with E-state index in [0.29, 0.717) is 17.3 Å². The molecule has 102 valence electrons. The van der Waals surface area contributed by atoms with Crippen molar-refractivity contribution in [1.29, 1.82) is 0 Å². The number of nitrogens with zero attached hydrogens (tertiary/aromatic N) is 2. The molecule has 0 aliphatic carbocycles. The molecule has 2 atom stereocenters. The summed E-state index contributed by atoms with van der Waals surface area (Å²) < 4.78 is 6.31. The van der Waals surface area contributed by atoms with E-state index in [0.717, 1.165) is 24.5 Å². The Kier molecular flexibility index (Phi) is 3.38. The Bertz CT molecular complexity index is 636. The molecule has 0 amide bonds. The molecule has 3 heterocycles. The van der Waals surface area contributed by atoms with Gasteiger partial charge in [0.15, 0.2) is 0 Å². The summed E-state index contributed by atoms with van der Waals surface area (Å²) in [5.41, 5.74) is 0.752. The molecular formula is C13H17N3O2S. The molecule has 0 saturated carbocycles. The first-order chi connectivity index (χ1) is 9.13. The van der Waals surface area contributed by atoms with Crippen molar-refractivity contribution in [2.24, 2.45) is 0 Å². The molecule has 1 aliphatic heterocycles. The van der Waals surface area contributed by atoms with E-state index in [4.69, 9.17) is 4.74 Å². The van der Waals surface area contributed by atoms with Crippen molar-refractivity contribution >= 4 is 21.6 Å². The third-order valence-electron chi connectivity index (χ3n) is 3.45. The van der Waals surface area contributed by atoms with Crippen LogP contribution < -0.4 is 5.56 Å². The van der Waals surface area contributed by atoms with E-state index in [1.54, 1.807) is 0 Å². The molecule has 19 heavy (non-hydrogen) atoms. The van der Waals surface area contributed by atoms with Gasteiger partial charge in [-0.25, -0.2) is 4.98 Å². The zero-order valence-electron chi connectivity index (χ0n) is 11.0. The zero-order valence-corrected chi connectivity index (χ0v) is 11.9. The van der Waals surface area contributed by atoms with Crippen LogP contribution in [-0.4, -0.2) is 40.2 Å². The summed E-state index contributed by atoms with van der Waals surface area (Å²) in [5.74, 6) is 0.733. The van der Waals surface area contributed by atoms with E-state index < -0.39 is 0 Å². The van der Waals surface area contributed by atoms with Crippen LogP contribution in [0.25, 0.3) is 10.2 Å². The number of aromatic amines is 1. The second-order valence-corrected chi connectivity index (χ2v) is 5.99. The number of H-pyrrole nitrogens is 1. The lowest BCUT2D eigenvalue weighted by Gasteiger charge is -2.36. The quantitative estimate of drug-likeness (QED) is 0.907. The van der Waals surface area contributed by atoms with E-state index in [1.165, 1.54) is 11.3 Å². The Hall–Kier alpha value is -1.24. The van der Waals surface area contributed by atoms with E-state index in [2.05, 4.69) is 28.7 Å². The highest BCUT2D eigenvalue weighted by Gasteiger charge is 2.24. The first-order valence-corrected chi connectivity index (χ1v) is 7.33. The summed E-state index contributed by atoms with van der Waals surface area (Å²) in [6.07, 6.45) is 0.229. The van der Waals surface area contributed by atoms with E-state index in [9.17, 15) is 4.79 Å². The van der Waals surface area contributed by atoms with Gasteiger partial charge in [-0.2, -0.15) is 0 Å². The molecule has 2 aromatic rings. The number of ether oxygens (including phenoxy) is 1. The second kappa shape index (κ2) is 5.03. The van der Waals surface area contributed by atoms with Gasteiger partial charge < -0.3 is 9.72 Å². The molecule has 0 radical (unpaired) electrons. The molecule has 0 bridgehead atoms. The fourth-order valence-electron chi connectivity index (χ4n) is 2.38. The Morgan fingerprint density at radius 2 is 2.42 bits per heavy atom. The monoisotopic (exact) mass is 279 g/mol. The molecule has 0 unspecified atom stereocenters. The van der Waals surface area contributed by atoms with Gasteiger partial charge >= 0.3 is 0 Å². The third-order valence-corrected chi connectivity index (χ3v) is 4.36. The molecular weight excluding hydrogens is 262 g/mol. The number of thiophene rings is 1. The third kappa shape index (κ3) is 2.56. The smallest absolute Gasteiger partial charge is 0.268 e. The highest BCUT2D eigenvalue weighted by molar-refractivity contribution is 7.17. The van der Waals surface area contributed by atoms with Crippen LogP contribution in [0.1, 0.15) is 19.7 Å². The second-order valence-electron chi connectivity index (χ2n) is 5.07. The average Bonchev–Trinajstić information content (AvgIpc) is 2.82. The van der Waals surface area contributed by atoms with Crippen molar-refractivity contribution in [3.63, 3.8) is 0 Å². The predicted molar refractivity (Wildman–Crippen MR) is 75.5 cm³/mol. The maximum atomic E-state index is 11.9. The Balaban J connectivity index is 1.86. The van der Waals surface area contributed by atoms with Gasteiger partial charge in [-0.15, -0.1) is 11.3 Å². The first kappa shape index (κ1) is 12.8. The maximum absolute atomic E-state index is 11.9. The van der Waals surface area contributed by atoms with Crippen LogP contribution >= 0.6 is 11.3 Å². The Labute approximate surface area is 115 Å². The molecule has 3 rings (SSSR count). The van der Waals surface area contributed by atoms with Crippen LogP contribution in [0.4, 0.5) is 0 Å². The van der Waals surface area contributed by atoms with Gasteiger partial charge in [-0.05, 0) is 25.3 Å². The lowest BCUT2D eigenvalue weighted by molar-refractivity contribution is -0.0534. The first-order valence-electron chi connectivity index (χ1n) is 6.45. The van der Waals surface area contributed by atoms with Gasteiger partial charge in [0.25, 0.3) is 5.56 Å². The summed E-state index contributed by atoms with van der Waals surface area (Å²) in [5, 5.41) is 1.90. The molecule has 6 heteroatoms. The van der Waals surface area contributed by atoms with Crippen LogP contribution in [0, 0.1) is 0 Å². The minimum absolute atomic E-state index is 0.0380. The highest BCUT2D eigenvalue weighted by atomic mass is 32.1. The van der Waals surface area contributed by atoms with Crippen LogP contribution in [0.5, 0.6) is 0 Å². The van der Waals surface area contributed by atoms with Gasteiger partial charge in [0, 0.05) is 12.6 Å². The molecule has 0 spiro atoms. The van der Waals surface area contributed by atoms with Crippen LogP contribution in [0.15, 0.2) is 16.2 Å². The normalized spacial score (nSPS) is 24.9. The largest absolute Gasteiger partial charge is 0.376 e. The summed E-state index contributed by atoms with van der Waals surface area (Å²) in [7, 11) is 0. The van der Waals surface area contributed by atoms with E-state index in [1.807, 2.05) is 11.4 Å². The topological polar surface area (TPSA) is 58.2 Å². The highest BCUT2D eigenvalue weighted by Crippen LogP contribution is 2.16. The van der Waals surface area contributed by atoms with E-state index in [-0.39, 0.29) is 11.7 Å². The molecule has 1 aliphatic rings. The summed E-state index contributed by atoms with van der Waals surface area (Å²) in [6, 6.07) is 2.24.